The first kappa shape index (κ1) is 7.83. The Balaban J connectivity index is 2.93. The highest BCUT2D eigenvalue weighted by molar-refractivity contribution is 6.37. The van der Waals surface area contributed by atoms with Crippen LogP contribution in [0, 0.1) is 6.92 Å². The number of pyridine rings is 1. The van der Waals surface area contributed by atoms with Crippen molar-refractivity contribution in [1.29, 1.82) is 0 Å². The van der Waals surface area contributed by atoms with Gasteiger partial charge in [-0.2, -0.15) is 4.98 Å². The summed E-state index contributed by atoms with van der Waals surface area (Å²) < 4.78 is 4.88. The standard InChI is InChI=1S/C7H4Cl2N2O/c1-3-6-4(8)2-5(9)10-7(6)12-11-3/h2H,1H3. The van der Waals surface area contributed by atoms with Gasteiger partial charge in [-0.05, 0) is 13.0 Å². The minimum Gasteiger partial charge on any atom is -0.335 e. The number of hydrogen-bond acceptors (Lipinski definition) is 3. The van der Waals surface area contributed by atoms with Crippen LogP contribution in [0.2, 0.25) is 10.2 Å². The zero-order valence-electron chi connectivity index (χ0n) is 6.14. The van der Waals surface area contributed by atoms with Crippen molar-refractivity contribution in [1.82, 2.24) is 10.1 Å². The first-order valence-corrected chi connectivity index (χ1v) is 4.02. The molecule has 0 aromatic carbocycles. The monoisotopic (exact) mass is 202 g/mol. The molecule has 62 valence electrons. The smallest absolute Gasteiger partial charge is 0.260 e. The van der Waals surface area contributed by atoms with Gasteiger partial charge in [0, 0.05) is 0 Å². The molecule has 0 atom stereocenters. The Morgan fingerprint density at radius 3 is 2.92 bits per heavy atom. The number of nitrogens with zero attached hydrogens (tertiary/aromatic N) is 2. The van der Waals surface area contributed by atoms with Gasteiger partial charge in [0.1, 0.15) is 5.15 Å². The van der Waals surface area contributed by atoms with Crippen molar-refractivity contribution in [2.45, 2.75) is 6.92 Å². The van der Waals surface area contributed by atoms with E-state index >= 15 is 0 Å². The van der Waals surface area contributed by atoms with Gasteiger partial charge < -0.3 is 4.52 Å². The summed E-state index contributed by atoms with van der Waals surface area (Å²) in [6, 6.07) is 1.57. The normalized spacial score (nSPS) is 10.9. The fourth-order valence-corrected chi connectivity index (χ4v) is 1.58. The van der Waals surface area contributed by atoms with E-state index in [9.17, 15) is 0 Å². The highest BCUT2D eigenvalue weighted by Gasteiger charge is 2.10. The summed E-state index contributed by atoms with van der Waals surface area (Å²) in [5.41, 5.74) is 1.10. The van der Waals surface area contributed by atoms with Gasteiger partial charge in [0.25, 0.3) is 5.71 Å². The second-order valence-corrected chi connectivity index (χ2v) is 3.17. The van der Waals surface area contributed by atoms with E-state index in [4.69, 9.17) is 27.7 Å². The molecule has 0 unspecified atom stereocenters. The molecule has 2 heterocycles. The maximum Gasteiger partial charge on any atom is 0.260 e. The van der Waals surface area contributed by atoms with Crippen LogP contribution in [0.3, 0.4) is 0 Å². The van der Waals surface area contributed by atoms with Gasteiger partial charge in [-0.1, -0.05) is 28.4 Å². The lowest BCUT2D eigenvalue weighted by Gasteiger charge is -1.92. The summed E-state index contributed by atoms with van der Waals surface area (Å²) in [6.07, 6.45) is 0. The topological polar surface area (TPSA) is 38.9 Å². The average Bonchev–Trinajstić information content (AvgIpc) is 2.31. The van der Waals surface area contributed by atoms with Crippen molar-refractivity contribution in [3.05, 3.63) is 21.9 Å². The molecule has 0 fully saturated rings. The van der Waals surface area contributed by atoms with E-state index in [-0.39, 0.29) is 0 Å². The summed E-state index contributed by atoms with van der Waals surface area (Å²) in [6.45, 7) is 1.80. The van der Waals surface area contributed by atoms with Gasteiger partial charge in [-0.3, -0.25) is 0 Å². The Morgan fingerprint density at radius 2 is 2.17 bits per heavy atom. The van der Waals surface area contributed by atoms with Crippen molar-refractivity contribution < 1.29 is 4.52 Å². The minimum atomic E-state index is 0.309. The molecule has 2 aromatic rings. The van der Waals surface area contributed by atoms with Crippen molar-refractivity contribution in [3.63, 3.8) is 0 Å². The third kappa shape index (κ3) is 1.06. The largest absolute Gasteiger partial charge is 0.335 e. The quantitative estimate of drug-likeness (QED) is 0.618. The molecule has 0 spiro atoms. The summed E-state index contributed by atoms with van der Waals surface area (Å²) in [4.78, 5) is 3.91. The maximum atomic E-state index is 5.88. The van der Waals surface area contributed by atoms with Gasteiger partial charge in [0.2, 0.25) is 0 Å². The molecule has 0 N–H and O–H groups in total. The zero-order chi connectivity index (χ0) is 8.72. The Bertz CT molecular complexity index is 438. The molecule has 0 saturated carbocycles. The first-order valence-electron chi connectivity index (χ1n) is 3.26. The van der Waals surface area contributed by atoms with Crippen LogP contribution in [0.15, 0.2) is 10.6 Å². The predicted molar refractivity (Wildman–Crippen MR) is 46.6 cm³/mol. The number of aromatic nitrogens is 2. The number of halogens is 2. The van der Waals surface area contributed by atoms with E-state index in [2.05, 4.69) is 10.1 Å². The van der Waals surface area contributed by atoms with E-state index in [1.165, 1.54) is 0 Å². The molecule has 2 rings (SSSR count). The molecule has 2 aromatic heterocycles. The van der Waals surface area contributed by atoms with Crippen LogP contribution in [-0.2, 0) is 0 Å². The molecule has 5 heteroatoms. The second kappa shape index (κ2) is 2.61. The summed E-state index contributed by atoms with van der Waals surface area (Å²) in [5, 5.41) is 5.27. The molecule has 0 radical (unpaired) electrons. The lowest BCUT2D eigenvalue weighted by Crippen LogP contribution is -1.77. The zero-order valence-corrected chi connectivity index (χ0v) is 7.65. The predicted octanol–water partition coefficient (Wildman–Crippen LogP) is 2.84. The van der Waals surface area contributed by atoms with Crippen molar-refractivity contribution in [3.8, 4) is 0 Å². The third-order valence-corrected chi connectivity index (χ3v) is 2.03. The lowest BCUT2D eigenvalue weighted by molar-refractivity contribution is 0.443. The van der Waals surface area contributed by atoms with Crippen LogP contribution in [0.25, 0.3) is 11.1 Å². The van der Waals surface area contributed by atoms with Crippen LogP contribution in [0.5, 0.6) is 0 Å². The average molecular weight is 203 g/mol. The summed E-state index contributed by atoms with van der Waals surface area (Å²) >= 11 is 11.5. The molecule has 12 heavy (non-hydrogen) atoms. The van der Waals surface area contributed by atoms with E-state index < -0.39 is 0 Å². The fraction of sp³-hybridized carbons (Fsp3) is 0.143. The number of hydrogen-bond donors (Lipinski definition) is 0. The van der Waals surface area contributed by atoms with E-state index in [1.807, 2.05) is 0 Å². The summed E-state index contributed by atoms with van der Waals surface area (Å²) in [7, 11) is 0. The van der Waals surface area contributed by atoms with Gasteiger partial charge in [0.05, 0.1) is 16.1 Å². The van der Waals surface area contributed by atoms with E-state index in [0.717, 1.165) is 11.1 Å². The van der Waals surface area contributed by atoms with Crippen molar-refractivity contribution >= 4 is 34.3 Å². The summed E-state index contributed by atoms with van der Waals surface area (Å²) in [5.74, 6) is 0. The highest BCUT2D eigenvalue weighted by Crippen LogP contribution is 2.27. The van der Waals surface area contributed by atoms with E-state index in [1.54, 1.807) is 13.0 Å². The Hall–Kier alpha value is -0.800. The van der Waals surface area contributed by atoms with Crippen LogP contribution >= 0.6 is 23.2 Å². The Labute approximate surface area is 78.3 Å². The Kier molecular flexibility index (Phi) is 1.70. The van der Waals surface area contributed by atoms with Gasteiger partial charge >= 0.3 is 0 Å². The number of aryl methyl sites for hydroxylation is 1. The minimum absolute atomic E-state index is 0.309. The van der Waals surface area contributed by atoms with Gasteiger partial charge in [-0.15, -0.1) is 0 Å². The fourth-order valence-electron chi connectivity index (χ4n) is 1.02. The molecule has 0 aliphatic rings. The molecule has 0 bridgehead atoms. The maximum absolute atomic E-state index is 5.88. The van der Waals surface area contributed by atoms with Gasteiger partial charge in [-0.25, -0.2) is 0 Å². The molecule has 0 saturated heterocycles. The van der Waals surface area contributed by atoms with Crippen LogP contribution in [0.1, 0.15) is 5.69 Å². The number of fused-ring (bicyclic) bond motifs is 1. The highest BCUT2D eigenvalue weighted by atomic mass is 35.5. The first-order chi connectivity index (χ1) is 5.68. The molecular formula is C7H4Cl2N2O. The number of rotatable bonds is 0. The molecular weight excluding hydrogens is 199 g/mol. The van der Waals surface area contributed by atoms with Crippen molar-refractivity contribution in [2.24, 2.45) is 0 Å². The van der Waals surface area contributed by atoms with Crippen molar-refractivity contribution in [2.75, 3.05) is 0 Å². The second-order valence-electron chi connectivity index (χ2n) is 2.37. The molecule has 3 nitrogen and oxygen atoms in total. The molecule has 0 amide bonds. The van der Waals surface area contributed by atoms with Gasteiger partial charge in [0.15, 0.2) is 0 Å². The molecule has 0 aliphatic carbocycles. The Morgan fingerprint density at radius 1 is 1.42 bits per heavy atom. The SMILES string of the molecule is Cc1noc2nc(Cl)cc(Cl)c12. The third-order valence-electron chi connectivity index (χ3n) is 1.54. The molecule has 0 aliphatic heterocycles. The van der Waals surface area contributed by atoms with E-state index in [0.29, 0.717) is 15.9 Å². The van der Waals surface area contributed by atoms with Crippen LogP contribution in [-0.4, -0.2) is 10.1 Å². The lowest BCUT2D eigenvalue weighted by atomic mass is 10.3. The van der Waals surface area contributed by atoms with Crippen LogP contribution < -0.4 is 0 Å². The van der Waals surface area contributed by atoms with Crippen LogP contribution in [0.4, 0.5) is 0 Å².